The molecule has 1 heterocycles. The van der Waals surface area contributed by atoms with Crippen molar-refractivity contribution in [3.05, 3.63) is 0 Å². The molecule has 0 aromatic carbocycles. The molecule has 1 atom stereocenters. The third-order valence-electron chi connectivity index (χ3n) is 4.91. The minimum Gasteiger partial charge on any atom is -0.370 e. The molecule has 3 rings (SSSR count). The first-order valence-electron chi connectivity index (χ1n) is 7.20. The highest BCUT2D eigenvalue weighted by Crippen LogP contribution is 2.46. The second-order valence-corrected chi connectivity index (χ2v) is 7.46. The fourth-order valence-electron chi connectivity index (χ4n) is 3.48. The van der Waals surface area contributed by atoms with Crippen LogP contribution in [0.2, 0.25) is 0 Å². The van der Waals surface area contributed by atoms with Gasteiger partial charge in [0.2, 0.25) is 0 Å². The van der Waals surface area contributed by atoms with E-state index < -0.39 is 0 Å². The molecular formula is C14H25NOS. The summed E-state index contributed by atoms with van der Waals surface area (Å²) in [6, 6.07) is 0. The SMILES string of the molecule is CSC1(CNCC2CCC3(CCCC3)O2)CC1. The first-order valence-corrected chi connectivity index (χ1v) is 8.42. The van der Waals surface area contributed by atoms with Crippen molar-refractivity contribution in [1.29, 1.82) is 0 Å². The van der Waals surface area contributed by atoms with Crippen LogP contribution in [0, 0.1) is 0 Å². The molecule has 98 valence electrons. The Hall–Kier alpha value is 0.270. The van der Waals surface area contributed by atoms with Gasteiger partial charge in [-0.1, -0.05) is 12.8 Å². The largest absolute Gasteiger partial charge is 0.370 e. The summed E-state index contributed by atoms with van der Waals surface area (Å²) in [7, 11) is 0. The van der Waals surface area contributed by atoms with Gasteiger partial charge in [-0.05, 0) is 44.8 Å². The van der Waals surface area contributed by atoms with Gasteiger partial charge >= 0.3 is 0 Å². The molecule has 17 heavy (non-hydrogen) atoms. The first-order chi connectivity index (χ1) is 8.26. The van der Waals surface area contributed by atoms with Crippen LogP contribution in [0.25, 0.3) is 0 Å². The fourth-order valence-corrected chi connectivity index (χ4v) is 4.24. The highest BCUT2D eigenvalue weighted by Gasteiger charge is 2.43. The molecule has 0 aromatic rings. The van der Waals surface area contributed by atoms with Crippen LogP contribution >= 0.6 is 11.8 Å². The van der Waals surface area contributed by atoms with Crippen LogP contribution in [-0.4, -0.2) is 35.8 Å². The Balaban J connectivity index is 1.39. The van der Waals surface area contributed by atoms with Gasteiger partial charge in [0.15, 0.2) is 0 Å². The van der Waals surface area contributed by atoms with E-state index in [-0.39, 0.29) is 0 Å². The first kappa shape index (κ1) is 12.3. The number of nitrogens with one attached hydrogen (secondary N) is 1. The van der Waals surface area contributed by atoms with Gasteiger partial charge in [-0.3, -0.25) is 0 Å². The fraction of sp³-hybridized carbons (Fsp3) is 1.00. The van der Waals surface area contributed by atoms with E-state index in [1.807, 2.05) is 11.8 Å². The van der Waals surface area contributed by atoms with Crippen molar-refractivity contribution in [2.45, 2.75) is 67.8 Å². The molecule has 3 fully saturated rings. The Morgan fingerprint density at radius 1 is 1.18 bits per heavy atom. The molecule has 3 heteroatoms. The zero-order valence-corrected chi connectivity index (χ0v) is 11.8. The molecule has 1 aliphatic heterocycles. The smallest absolute Gasteiger partial charge is 0.0708 e. The molecule has 0 radical (unpaired) electrons. The second kappa shape index (κ2) is 4.75. The van der Waals surface area contributed by atoms with E-state index in [2.05, 4.69) is 11.6 Å². The van der Waals surface area contributed by atoms with Crippen LogP contribution in [0.15, 0.2) is 0 Å². The number of hydrogen-bond donors (Lipinski definition) is 1. The van der Waals surface area contributed by atoms with E-state index in [0.717, 1.165) is 6.54 Å². The molecule has 3 aliphatic rings. The van der Waals surface area contributed by atoms with Crippen molar-refractivity contribution in [3.8, 4) is 0 Å². The van der Waals surface area contributed by atoms with Gasteiger partial charge in [-0.25, -0.2) is 0 Å². The maximum atomic E-state index is 6.31. The van der Waals surface area contributed by atoms with Crippen LogP contribution in [-0.2, 0) is 4.74 Å². The van der Waals surface area contributed by atoms with Gasteiger partial charge in [0.25, 0.3) is 0 Å². The molecule has 2 saturated carbocycles. The summed E-state index contributed by atoms with van der Waals surface area (Å²) in [6.07, 6.45) is 13.5. The summed E-state index contributed by atoms with van der Waals surface area (Å²) in [4.78, 5) is 0. The van der Waals surface area contributed by atoms with Gasteiger partial charge in [0.05, 0.1) is 11.7 Å². The third-order valence-corrected chi connectivity index (χ3v) is 6.33. The lowest BCUT2D eigenvalue weighted by Crippen LogP contribution is -2.34. The topological polar surface area (TPSA) is 21.3 Å². The molecule has 1 N–H and O–H groups in total. The average molecular weight is 255 g/mol. The standard InChI is InChI=1S/C14H25NOS/c1-17-14(8-9-14)11-15-10-12-4-7-13(16-12)5-2-3-6-13/h12,15H,2-11H2,1H3. The van der Waals surface area contributed by atoms with Crippen LogP contribution < -0.4 is 5.32 Å². The molecule has 0 aromatic heterocycles. The van der Waals surface area contributed by atoms with Gasteiger partial charge in [0, 0.05) is 17.8 Å². The Labute approximate surface area is 109 Å². The zero-order valence-electron chi connectivity index (χ0n) is 11.0. The Morgan fingerprint density at radius 3 is 2.59 bits per heavy atom. The highest BCUT2D eigenvalue weighted by atomic mass is 32.2. The van der Waals surface area contributed by atoms with E-state index in [0.29, 0.717) is 16.5 Å². The summed E-state index contributed by atoms with van der Waals surface area (Å²) in [5.74, 6) is 0. The summed E-state index contributed by atoms with van der Waals surface area (Å²) in [6.45, 7) is 2.26. The number of rotatable bonds is 5. The molecule has 1 saturated heterocycles. The zero-order chi connectivity index (χ0) is 11.8. The average Bonchev–Trinajstić information content (AvgIpc) is 2.81. The third kappa shape index (κ3) is 2.66. The van der Waals surface area contributed by atoms with E-state index >= 15 is 0 Å². The van der Waals surface area contributed by atoms with E-state index in [9.17, 15) is 0 Å². The maximum absolute atomic E-state index is 6.31. The molecule has 0 bridgehead atoms. The van der Waals surface area contributed by atoms with E-state index in [4.69, 9.17) is 4.74 Å². The Bertz CT molecular complexity index is 271. The van der Waals surface area contributed by atoms with Crippen molar-refractivity contribution in [3.63, 3.8) is 0 Å². The van der Waals surface area contributed by atoms with Crippen molar-refractivity contribution in [1.82, 2.24) is 5.32 Å². The van der Waals surface area contributed by atoms with Gasteiger partial charge < -0.3 is 10.1 Å². The van der Waals surface area contributed by atoms with Gasteiger partial charge in [-0.2, -0.15) is 11.8 Å². The Kier molecular flexibility index (Phi) is 3.44. The number of hydrogen-bond acceptors (Lipinski definition) is 3. The lowest BCUT2D eigenvalue weighted by molar-refractivity contribution is -0.0350. The predicted molar refractivity (Wildman–Crippen MR) is 73.7 cm³/mol. The van der Waals surface area contributed by atoms with E-state index in [1.54, 1.807) is 0 Å². The summed E-state index contributed by atoms with van der Waals surface area (Å²) >= 11 is 2.04. The van der Waals surface area contributed by atoms with Crippen molar-refractivity contribution >= 4 is 11.8 Å². The minimum atomic E-state index is 0.309. The second-order valence-electron chi connectivity index (χ2n) is 6.19. The molecule has 1 unspecified atom stereocenters. The quantitative estimate of drug-likeness (QED) is 0.816. The van der Waals surface area contributed by atoms with E-state index in [1.165, 1.54) is 57.9 Å². The normalized spacial score (nSPS) is 33.4. The molecular weight excluding hydrogens is 230 g/mol. The molecule has 1 spiro atoms. The number of ether oxygens (including phenoxy) is 1. The Morgan fingerprint density at radius 2 is 1.94 bits per heavy atom. The maximum Gasteiger partial charge on any atom is 0.0708 e. The van der Waals surface area contributed by atoms with Crippen molar-refractivity contribution in [2.24, 2.45) is 0 Å². The summed E-state index contributed by atoms with van der Waals surface area (Å²) < 4.78 is 6.90. The molecule has 2 nitrogen and oxygen atoms in total. The van der Waals surface area contributed by atoms with Gasteiger partial charge in [-0.15, -0.1) is 0 Å². The summed E-state index contributed by atoms with van der Waals surface area (Å²) in [5, 5.41) is 3.64. The van der Waals surface area contributed by atoms with Crippen LogP contribution in [0.4, 0.5) is 0 Å². The van der Waals surface area contributed by atoms with Crippen molar-refractivity contribution in [2.75, 3.05) is 19.3 Å². The lowest BCUT2D eigenvalue weighted by atomic mass is 9.98. The predicted octanol–water partition coefficient (Wildman–Crippen LogP) is 2.96. The lowest BCUT2D eigenvalue weighted by Gasteiger charge is -2.24. The van der Waals surface area contributed by atoms with Crippen molar-refractivity contribution < 1.29 is 4.74 Å². The molecule has 2 aliphatic carbocycles. The van der Waals surface area contributed by atoms with Crippen LogP contribution in [0.3, 0.4) is 0 Å². The monoisotopic (exact) mass is 255 g/mol. The molecule has 0 amide bonds. The minimum absolute atomic E-state index is 0.309. The highest BCUT2D eigenvalue weighted by molar-refractivity contribution is 8.00. The van der Waals surface area contributed by atoms with Crippen LogP contribution in [0.1, 0.15) is 51.4 Å². The van der Waals surface area contributed by atoms with Gasteiger partial charge in [0.1, 0.15) is 0 Å². The summed E-state index contributed by atoms with van der Waals surface area (Å²) in [5.41, 5.74) is 0.309. The van der Waals surface area contributed by atoms with Crippen LogP contribution in [0.5, 0.6) is 0 Å². The number of thioether (sulfide) groups is 1.